The van der Waals surface area contributed by atoms with E-state index in [1.807, 2.05) is 19.1 Å². The number of carbonyl (C=O) groups excluding carboxylic acids is 1. The molecule has 0 spiro atoms. The van der Waals surface area contributed by atoms with Crippen LogP contribution >= 0.6 is 11.3 Å². The van der Waals surface area contributed by atoms with E-state index in [1.54, 1.807) is 16.4 Å². The van der Waals surface area contributed by atoms with Gasteiger partial charge in [0, 0.05) is 28.6 Å². The van der Waals surface area contributed by atoms with Gasteiger partial charge in [0.25, 0.3) is 5.91 Å². The zero-order chi connectivity index (χ0) is 22.3. The number of sulfonamides is 1. The van der Waals surface area contributed by atoms with Crippen LogP contribution in [0.4, 0.5) is 5.13 Å². The molecule has 1 amide bonds. The van der Waals surface area contributed by atoms with Gasteiger partial charge < -0.3 is 0 Å². The third kappa shape index (κ3) is 3.87. The summed E-state index contributed by atoms with van der Waals surface area (Å²) in [7, 11) is -3.55. The lowest BCUT2D eigenvalue weighted by Crippen LogP contribution is -2.41. The van der Waals surface area contributed by atoms with Crippen LogP contribution in [0.15, 0.2) is 53.4 Å². The summed E-state index contributed by atoms with van der Waals surface area (Å²) in [5, 5.41) is 3.45. The van der Waals surface area contributed by atoms with E-state index in [4.69, 9.17) is 0 Å². The summed E-state index contributed by atoms with van der Waals surface area (Å²) in [5.74, 6) is -0.292. The lowest BCUT2D eigenvalue weighted by Gasteiger charge is -2.32. The number of rotatable bonds is 4. The molecule has 2 aromatic carbocycles. The van der Waals surface area contributed by atoms with Gasteiger partial charge in [-0.05, 0) is 62.4 Å². The first-order valence-electron chi connectivity index (χ1n) is 10.9. The molecular formula is C24H25N3O3S2. The summed E-state index contributed by atoms with van der Waals surface area (Å²) in [6.07, 6.45) is 4.71. The maximum absolute atomic E-state index is 13.0. The van der Waals surface area contributed by atoms with Crippen LogP contribution in [0, 0.1) is 0 Å². The fourth-order valence-corrected chi connectivity index (χ4v) is 7.18. The maximum atomic E-state index is 13.0. The van der Waals surface area contributed by atoms with Gasteiger partial charge in [-0.3, -0.25) is 10.1 Å². The van der Waals surface area contributed by atoms with E-state index >= 15 is 0 Å². The van der Waals surface area contributed by atoms with Crippen molar-refractivity contribution in [1.82, 2.24) is 9.29 Å². The molecule has 1 aliphatic heterocycles. The van der Waals surface area contributed by atoms with E-state index in [-0.39, 0.29) is 16.8 Å². The number of aromatic nitrogens is 1. The van der Waals surface area contributed by atoms with Gasteiger partial charge in [0.05, 0.1) is 10.6 Å². The quantitative estimate of drug-likeness (QED) is 0.602. The van der Waals surface area contributed by atoms with Crippen LogP contribution in [0.1, 0.15) is 47.0 Å². The lowest BCUT2D eigenvalue weighted by molar-refractivity contribution is 0.102. The number of hydrogen-bond acceptors (Lipinski definition) is 5. The SMILES string of the molecule is C[C@H]1CCCCN1S(=O)(=O)c1ccc(C(=O)Nc2nc3c(s2)CCc2ccccc2-3)cc1. The van der Waals surface area contributed by atoms with Crippen molar-refractivity contribution in [3.8, 4) is 11.3 Å². The normalized spacial score (nSPS) is 18.6. The number of aryl methyl sites for hydroxylation is 2. The Labute approximate surface area is 192 Å². The average Bonchev–Trinajstić information content (AvgIpc) is 3.22. The Morgan fingerprint density at radius 3 is 2.66 bits per heavy atom. The summed E-state index contributed by atoms with van der Waals surface area (Å²) < 4.78 is 27.6. The highest BCUT2D eigenvalue weighted by Crippen LogP contribution is 2.38. The molecule has 2 heterocycles. The minimum absolute atomic E-state index is 0.00204. The largest absolute Gasteiger partial charge is 0.298 e. The van der Waals surface area contributed by atoms with Crippen molar-refractivity contribution in [3.05, 3.63) is 64.5 Å². The van der Waals surface area contributed by atoms with E-state index < -0.39 is 10.0 Å². The van der Waals surface area contributed by atoms with Crippen molar-refractivity contribution in [3.63, 3.8) is 0 Å². The van der Waals surface area contributed by atoms with E-state index in [0.29, 0.717) is 17.2 Å². The van der Waals surface area contributed by atoms with Gasteiger partial charge in [0.15, 0.2) is 5.13 Å². The number of amides is 1. The molecule has 1 fully saturated rings. The number of fused-ring (bicyclic) bond motifs is 3. The number of hydrogen-bond donors (Lipinski definition) is 1. The highest BCUT2D eigenvalue weighted by molar-refractivity contribution is 7.89. The van der Waals surface area contributed by atoms with E-state index in [9.17, 15) is 13.2 Å². The van der Waals surface area contributed by atoms with Gasteiger partial charge in [-0.1, -0.05) is 30.7 Å². The third-order valence-corrected chi connectivity index (χ3v) is 9.34. The van der Waals surface area contributed by atoms with E-state index in [0.717, 1.165) is 43.4 Å². The van der Waals surface area contributed by atoms with Crippen LogP contribution in [0.25, 0.3) is 11.3 Å². The molecule has 32 heavy (non-hydrogen) atoms. The van der Waals surface area contributed by atoms with Crippen LogP contribution < -0.4 is 5.32 Å². The number of nitrogens with one attached hydrogen (secondary N) is 1. The van der Waals surface area contributed by atoms with Gasteiger partial charge in [-0.2, -0.15) is 4.31 Å². The summed E-state index contributed by atoms with van der Waals surface area (Å²) in [4.78, 5) is 18.9. The topological polar surface area (TPSA) is 79.4 Å². The fraction of sp³-hybridized carbons (Fsp3) is 0.333. The molecule has 5 rings (SSSR count). The Bertz CT molecular complexity index is 1270. The first-order chi connectivity index (χ1) is 15.4. The fourth-order valence-electron chi connectivity index (χ4n) is 4.51. The highest BCUT2D eigenvalue weighted by atomic mass is 32.2. The molecule has 0 saturated carbocycles. The van der Waals surface area contributed by atoms with Crippen molar-refractivity contribution >= 4 is 32.4 Å². The molecular weight excluding hydrogens is 442 g/mol. The number of anilines is 1. The minimum atomic E-state index is -3.55. The summed E-state index contributed by atoms with van der Waals surface area (Å²) in [5.41, 5.74) is 3.77. The molecule has 6 nitrogen and oxygen atoms in total. The molecule has 1 aliphatic carbocycles. The predicted molar refractivity (Wildman–Crippen MR) is 127 cm³/mol. The Morgan fingerprint density at radius 1 is 1.09 bits per heavy atom. The molecule has 8 heteroatoms. The molecule has 0 bridgehead atoms. The van der Waals surface area contributed by atoms with Crippen molar-refractivity contribution < 1.29 is 13.2 Å². The molecule has 1 atom stereocenters. The molecule has 2 aliphatic rings. The zero-order valence-corrected chi connectivity index (χ0v) is 19.5. The second-order valence-corrected chi connectivity index (χ2v) is 11.4. The summed E-state index contributed by atoms with van der Waals surface area (Å²) in [6.45, 7) is 2.49. The minimum Gasteiger partial charge on any atom is -0.298 e. The molecule has 166 valence electrons. The number of benzene rings is 2. The predicted octanol–water partition coefficient (Wildman–Crippen LogP) is 4.72. The molecule has 0 unspecified atom stereocenters. The van der Waals surface area contributed by atoms with Crippen LogP contribution in [0.3, 0.4) is 0 Å². The molecule has 1 aromatic heterocycles. The van der Waals surface area contributed by atoms with Gasteiger partial charge in [-0.15, -0.1) is 11.3 Å². The van der Waals surface area contributed by atoms with Crippen LogP contribution in [0.5, 0.6) is 0 Å². The van der Waals surface area contributed by atoms with Crippen LogP contribution in [-0.4, -0.2) is 36.2 Å². The maximum Gasteiger partial charge on any atom is 0.257 e. The van der Waals surface area contributed by atoms with Gasteiger partial charge in [0.2, 0.25) is 10.0 Å². The smallest absolute Gasteiger partial charge is 0.257 e. The summed E-state index contributed by atoms with van der Waals surface area (Å²) in [6, 6.07) is 14.4. The van der Waals surface area contributed by atoms with Crippen molar-refractivity contribution in [1.29, 1.82) is 0 Å². The average molecular weight is 468 g/mol. The monoisotopic (exact) mass is 467 g/mol. The lowest BCUT2D eigenvalue weighted by atomic mass is 9.94. The number of carbonyl (C=O) groups is 1. The van der Waals surface area contributed by atoms with Crippen molar-refractivity contribution in [2.24, 2.45) is 0 Å². The Kier molecular flexibility index (Phi) is 5.61. The van der Waals surface area contributed by atoms with E-state index in [2.05, 4.69) is 22.4 Å². The van der Waals surface area contributed by atoms with Crippen LogP contribution in [-0.2, 0) is 22.9 Å². The second-order valence-electron chi connectivity index (χ2n) is 8.39. The Morgan fingerprint density at radius 2 is 1.88 bits per heavy atom. The molecule has 0 radical (unpaired) electrons. The standard InChI is InChI=1S/C24H25N3O3S2/c1-16-6-4-5-15-27(16)32(29,30)19-12-9-18(10-13-19)23(28)26-24-25-22-20-8-3-2-7-17(20)11-14-21(22)31-24/h2-3,7-10,12-13,16H,4-6,11,14-15H2,1H3,(H,25,26,28)/t16-/m0/s1. The summed E-state index contributed by atoms with van der Waals surface area (Å²) >= 11 is 1.50. The third-order valence-electron chi connectivity index (χ3n) is 6.28. The van der Waals surface area contributed by atoms with E-state index in [1.165, 1.54) is 33.9 Å². The number of thiazole rings is 1. The highest BCUT2D eigenvalue weighted by Gasteiger charge is 2.31. The molecule has 3 aromatic rings. The Balaban J connectivity index is 1.33. The molecule has 1 saturated heterocycles. The number of piperidine rings is 1. The number of nitrogens with zero attached hydrogens (tertiary/aromatic N) is 2. The first kappa shape index (κ1) is 21.3. The van der Waals surface area contributed by atoms with Gasteiger partial charge in [-0.25, -0.2) is 13.4 Å². The molecule has 1 N–H and O–H groups in total. The van der Waals surface area contributed by atoms with Crippen molar-refractivity contribution in [2.75, 3.05) is 11.9 Å². The Hall–Kier alpha value is -2.55. The van der Waals surface area contributed by atoms with Crippen LogP contribution in [0.2, 0.25) is 0 Å². The van der Waals surface area contributed by atoms with Gasteiger partial charge >= 0.3 is 0 Å². The van der Waals surface area contributed by atoms with Crippen molar-refractivity contribution in [2.45, 2.75) is 50.0 Å². The van der Waals surface area contributed by atoms with Gasteiger partial charge in [0.1, 0.15) is 0 Å². The first-order valence-corrected chi connectivity index (χ1v) is 13.2. The second kappa shape index (κ2) is 8.42. The zero-order valence-electron chi connectivity index (χ0n) is 17.9.